The van der Waals surface area contributed by atoms with Crippen molar-refractivity contribution >= 4 is 11.8 Å². The Morgan fingerprint density at radius 2 is 2.11 bits per heavy atom. The summed E-state index contributed by atoms with van der Waals surface area (Å²) >= 11 is 1.81. The largest absolute Gasteiger partial charge is 0.497 e. The fourth-order valence-electron chi connectivity index (χ4n) is 2.13. The number of hydrogen-bond donors (Lipinski definition) is 1. The molecule has 18 heavy (non-hydrogen) atoms. The Balaban J connectivity index is 2.05. The standard InChI is InChI=1S/C13H14N2O2S/c1-17-10-4-2-9(3-5-10)15-13(16)11-8-18-7-6-12(11)14-15/h2-5,14H,6-8H2,1H3. The van der Waals surface area contributed by atoms with Crippen molar-refractivity contribution in [3.63, 3.8) is 0 Å². The van der Waals surface area contributed by atoms with Crippen LogP contribution in [0.3, 0.4) is 0 Å². The smallest absolute Gasteiger partial charge is 0.275 e. The first-order chi connectivity index (χ1) is 8.79. The van der Waals surface area contributed by atoms with Crippen molar-refractivity contribution < 1.29 is 4.74 Å². The number of aromatic amines is 1. The van der Waals surface area contributed by atoms with E-state index in [2.05, 4.69) is 5.10 Å². The number of H-pyrrole nitrogens is 1. The van der Waals surface area contributed by atoms with Crippen LogP contribution >= 0.6 is 11.8 Å². The molecular formula is C13H14N2O2S. The van der Waals surface area contributed by atoms with E-state index < -0.39 is 0 Å². The predicted molar refractivity (Wildman–Crippen MR) is 72.8 cm³/mol. The summed E-state index contributed by atoms with van der Waals surface area (Å²) in [7, 11) is 1.63. The third kappa shape index (κ3) is 1.84. The highest BCUT2D eigenvalue weighted by atomic mass is 32.2. The summed E-state index contributed by atoms with van der Waals surface area (Å²) in [5.74, 6) is 2.68. The average molecular weight is 262 g/mol. The van der Waals surface area contributed by atoms with Gasteiger partial charge in [0.05, 0.1) is 12.8 Å². The molecule has 0 amide bonds. The van der Waals surface area contributed by atoms with Crippen LogP contribution in [0.25, 0.3) is 5.69 Å². The first-order valence-electron chi connectivity index (χ1n) is 5.84. The van der Waals surface area contributed by atoms with Crippen LogP contribution in [0.2, 0.25) is 0 Å². The van der Waals surface area contributed by atoms with Gasteiger partial charge in [0.25, 0.3) is 5.56 Å². The van der Waals surface area contributed by atoms with Crippen molar-refractivity contribution in [2.45, 2.75) is 12.2 Å². The van der Waals surface area contributed by atoms with E-state index in [1.54, 1.807) is 11.8 Å². The number of nitrogens with zero attached hydrogens (tertiary/aromatic N) is 1. The Bertz CT molecular complexity index is 613. The number of fused-ring (bicyclic) bond motifs is 1. The molecule has 1 aromatic carbocycles. The summed E-state index contributed by atoms with van der Waals surface area (Å²) in [5, 5.41) is 3.21. The van der Waals surface area contributed by atoms with Gasteiger partial charge in [-0.2, -0.15) is 11.8 Å². The lowest BCUT2D eigenvalue weighted by Crippen LogP contribution is -2.17. The van der Waals surface area contributed by atoms with Crippen LogP contribution in [-0.4, -0.2) is 22.6 Å². The van der Waals surface area contributed by atoms with E-state index in [9.17, 15) is 4.79 Å². The van der Waals surface area contributed by atoms with Crippen molar-refractivity contribution in [1.29, 1.82) is 0 Å². The molecule has 0 fully saturated rings. The normalized spacial score (nSPS) is 14.3. The molecule has 4 nitrogen and oxygen atoms in total. The Hall–Kier alpha value is -1.62. The second-order valence-electron chi connectivity index (χ2n) is 4.21. The highest BCUT2D eigenvalue weighted by molar-refractivity contribution is 7.98. The molecule has 0 aliphatic carbocycles. The molecule has 1 aliphatic rings. The molecule has 5 heteroatoms. The van der Waals surface area contributed by atoms with E-state index in [4.69, 9.17) is 4.74 Å². The molecule has 1 aromatic heterocycles. The molecule has 0 saturated heterocycles. The zero-order valence-electron chi connectivity index (χ0n) is 10.1. The van der Waals surface area contributed by atoms with Gasteiger partial charge in [-0.05, 0) is 36.4 Å². The van der Waals surface area contributed by atoms with Gasteiger partial charge >= 0.3 is 0 Å². The van der Waals surface area contributed by atoms with Crippen molar-refractivity contribution in [2.24, 2.45) is 0 Å². The molecule has 94 valence electrons. The number of ether oxygens (including phenoxy) is 1. The fraction of sp³-hybridized carbons (Fsp3) is 0.308. The average Bonchev–Trinajstić information content (AvgIpc) is 2.77. The summed E-state index contributed by atoms with van der Waals surface area (Å²) < 4.78 is 6.74. The topological polar surface area (TPSA) is 47.0 Å². The summed E-state index contributed by atoms with van der Waals surface area (Å²) in [4.78, 5) is 12.3. The summed E-state index contributed by atoms with van der Waals surface area (Å²) in [6.45, 7) is 0. The Morgan fingerprint density at radius 3 is 2.78 bits per heavy atom. The van der Waals surface area contributed by atoms with Gasteiger partial charge in [-0.25, -0.2) is 4.68 Å². The molecule has 2 heterocycles. The number of methoxy groups -OCH3 is 1. The Labute approximate surface area is 109 Å². The van der Waals surface area contributed by atoms with Crippen LogP contribution in [0.5, 0.6) is 5.75 Å². The minimum Gasteiger partial charge on any atom is -0.497 e. The Morgan fingerprint density at radius 1 is 1.33 bits per heavy atom. The lowest BCUT2D eigenvalue weighted by molar-refractivity contribution is 0.414. The summed E-state index contributed by atoms with van der Waals surface area (Å²) in [6, 6.07) is 7.48. The number of thioether (sulfide) groups is 1. The van der Waals surface area contributed by atoms with E-state index in [0.717, 1.165) is 40.6 Å². The van der Waals surface area contributed by atoms with Gasteiger partial charge in [0.1, 0.15) is 5.75 Å². The van der Waals surface area contributed by atoms with Crippen LogP contribution in [-0.2, 0) is 12.2 Å². The van der Waals surface area contributed by atoms with Crippen LogP contribution in [0.15, 0.2) is 29.1 Å². The maximum absolute atomic E-state index is 12.3. The number of aryl methyl sites for hydroxylation is 1. The lowest BCUT2D eigenvalue weighted by Gasteiger charge is -2.07. The molecule has 3 rings (SSSR count). The molecule has 0 atom stereocenters. The van der Waals surface area contributed by atoms with Crippen molar-refractivity contribution in [3.8, 4) is 11.4 Å². The summed E-state index contributed by atoms with van der Waals surface area (Å²) in [5.41, 5.74) is 2.92. The molecular weight excluding hydrogens is 248 g/mol. The van der Waals surface area contributed by atoms with Gasteiger partial charge in [0.2, 0.25) is 0 Å². The van der Waals surface area contributed by atoms with Gasteiger partial charge in [0.15, 0.2) is 0 Å². The highest BCUT2D eigenvalue weighted by Gasteiger charge is 2.18. The van der Waals surface area contributed by atoms with Crippen molar-refractivity contribution in [2.75, 3.05) is 12.9 Å². The van der Waals surface area contributed by atoms with Gasteiger partial charge in [0, 0.05) is 17.0 Å². The monoisotopic (exact) mass is 262 g/mol. The van der Waals surface area contributed by atoms with Crippen LogP contribution < -0.4 is 10.3 Å². The highest BCUT2D eigenvalue weighted by Crippen LogP contribution is 2.21. The van der Waals surface area contributed by atoms with Gasteiger partial charge in [-0.1, -0.05) is 0 Å². The second-order valence-corrected chi connectivity index (χ2v) is 5.32. The number of benzene rings is 1. The van der Waals surface area contributed by atoms with Crippen LogP contribution in [0.1, 0.15) is 11.3 Å². The van der Waals surface area contributed by atoms with E-state index in [-0.39, 0.29) is 5.56 Å². The molecule has 0 radical (unpaired) electrons. The third-order valence-corrected chi connectivity index (χ3v) is 4.13. The van der Waals surface area contributed by atoms with Gasteiger partial charge < -0.3 is 4.74 Å². The molecule has 1 aliphatic heterocycles. The molecule has 2 aromatic rings. The molecule has 0 spiro atoms. The molecule has 0 unspecified atom stereocenters. The van der Waals surface area contributed by atoms with Crippen molar-refractivity contribution in [1.82, 2.24) is 9.78 Å². The molecule has 1 N–H and O–H groups in total. The number of rotatable bonds is 2. The summed E-state index contributed by atoms with van der Waals surface area (Å²) in [6.07, 6.45) is 0.943. The third-order valence-electron chi connectivity index (χ3n) is 3.15. The van der Waals surface area contributed by atoms with Gasteiger partial charge in [-0.15, -0.1) is 0 Å². The number of nitrogens with one attached hydrogen (secondary N) is 1. The molecule has 0 saturated carbocycles. The fourth-order valence-corrected chi connectivity index (χ4v) is 3.13. The van der Waals surface area contributed by atoms with Gasteiger partial charge in [-0.3, -0.25) is 9.89 Å². The predicted octanol–water partition coefficient (Wildman–Crippen LogP) is 1.96. The number of hydrogen-bond acceptors (Lipinski definition) is 3. The second kappa shape index (κ2) is 4.57. The first-order valence-corrected chi connectivity index (χ1v) is 7.00. The van der Waals surface area contributed by atoms with E-state index in [0.29, 0.717) is 0 Å². The maximum Gasteiger partial charge on any atom is 0.275 e. The molecule has 0 bridgehead atoms. The van der Waals surface area contributed by atoms with Crippen molar-refractivity contribution in [3.05, 3.63) is 45.9 Å². The van der Waals surface area contributed by atoms with E-state index in [1.807, 2.05) is 36.0 Å². The zero-order chi connectivity index (χ0) is 12.5. The Kier molecular flexibility index (Phi) is 2.91. The quantitative estimate of drug-likeness (QED) is 0.900. The SMILES string of the molecule is COc1ccc(-n2[nH]c3c(c2=O)CSCC3)cc1. The zero-order valence-corrected chi connectivity index (χ0v) is 10.9. The van der Waals surface area contributed by atoms with E-state index in [1.165, 1.54) is 0 Å². The van der Waals surface area contributed by atoms with E-state index >= 15 is 0 Å². The maximum atomic E-state index is 12.3. The number of aromatic nitrogens is 2. The van der Waals surface area contributed by atoms with Crippen LogP contribution in [0, 0.1) is 0 Å². The lowest BCUT2D eigenvalue weighted by atomic mass is 10.2. The van der Waals surface area contributed by atoms with Crippen LogP contribution in [0.4, 0.5) is 0 Å². The minimum atomic E-state index is 0.0716. The first kappa shape index (κ1) is 11.5. The minimum absolute atomic E-state index is 0.0716.